The number of thioether (sulfide) groups is 1. The average Bonchev–Trinajstić information content (AvgIpc) is 2.99. The second kappa shape index (κ2) is 7.54. The van der Waals surface area contributed by atoms with Crippen molar-refractivity contribution in [3.63, 3.8) is 0 Å². The minimum atomic E-state index is -0.747. The van der Waals surface area contributed by atoms with Gasteiger partial charge >= 0.3 is 0 Å². The van der Waals surface area contributed by atoms with Crippen LogP contribution in [0.15, 0.2) is 88.9 Å². The smallest absolute Gasteiger partial charge is 0.268 e. The lowest BCUT2D eigenvalue weighted by molar-refractivity contribution is -0.120. The van der Waals surface area contributed by atoms with Crippen molar-refractivity contribution in [2.45, 2.75) is 11.7 Å². The molecule has 2 aromatic carbocycles. The van der Waals surface area contributed by atoms with Gasteiger partial charge in [0, 0.05) is 16.0 Å². The number of allylic oxidation sites excluding steroid dienone is 3. The lowest BCUT2D eigenvalue weighted by atomic mass is 9.85. The maximum absolute atomic E-state index is 13.1. The molecule has 0 fully saturated rings. The molecule has 0 aliphatic carbocycles. The Morgan fingerprint density at radius 3 is 2.48 bits per heavy atom. The number of carbonyl (C=O) groups is 1. The number of benzene rings is 2. The Morgan fingerprint density at radius 1 is 1.16 bits per heavy atom. The van der Waals surface area contributed by atoms with Crippen molar-refractivity contribution in [2.75, 3.05) is 0 Å². The topological polar surface area (TPSA) is 29.4 Å². The van der Waals surface area contributed by atoms with Gasteiger partial charge in [-0.25, -0.2) is 4.99 Å². The zero-order chi connectivity index (χ0) is 17.9. The van der Waals surface area contributed by atoms with Crippen LogP contribution in [-0.2, 0) is 9.54 Å². The molecule has 0 spiro atoms. The number of carbonyl (C=O) groups excluding carboxylic acids is 1. The Labute approximate surface area is 160 Å². The van der Waals surface area contributed by atoms with Gasteiger partial charge in [-0.05, 0) is 17.7 Å². The Bertz CT molecular complexity index is 842. The van der Waals surface area contributed by atoms with Crippen LogP contribution in [0.3, 0.4) is 0 Å². The number of amides is 1. The van der Waals surface area contributed by atoms with Gasteiger partial charge in [0.15, 0.2) is 0 Å². The first-order valence-electron chi connectivity index (χ1n) is 8.00. The van der Waals surface area contributed by atoms with Crippen LogP contribution >= 0.6 is 27.7 Å². The molecule has 2 nitrogen and oxygen atoms in total. The van der Waals surface area contributed by atoms with Gasteiger partial charge < -0.3 is 0 Å². The van der Waals surface area contributed by atoms with E-state index in [0.717, 1.165) is 20.6 Å². The van der Waals surface area contributed by atoms with E-state index in [0.29, 0.717) is 0 Å². The summed E-state index contributed by atoms with van der Waals surface area (Å²) in [6.45, 7) is 5.79. The van der Waals surface area contributed by atoms with E-state index in [9.17, 15) is 4.79 Å². The number of aliphatic imine (C=N–C) groups is 1. The molecule has 1 aliphatic heterocycles. The van der Waals surface area contributed by atoms with Crippen molar-refractivity contribution in [1.82, 2.24) is 0 Å². The second-order valence-corrected chi connectivity index (χ2v) is 7.99. The fraction of sp³-hybridized carbons (Fsp3) is 0.143. The van der Waals surface area contributed by atoms with E-state index in [1.807, 2.05) is 66.7 Å². The van der Waals surface area contributed by atoms with Gasteiger partial charge in [-0.15, -0.1) is 0 Å². The molecule has 126 valence electrons. The van der Waals surface area contributed by atoms with Crippen LogP contribution in [-0.4, -0.2) is 11.0 Å². The van der Waals surface area contributed by atoms with E-state index in [1.165, 1.54) is 11.8 Å². The summed E-state index contributed by atoms with van der Waals surface area (Å²) in [5.74, 6) is -0.134. The number of nitrogens with zero attached hydrogens (tertiary/aromatic N) is 1. The highest BCUT2D eigenvalue weighted by Crippen LogP contribution is 2.50. The molecule has 0 aromatic heterocycles. The lowest BCUT2D eigenvalue weighted by Crippen LogP contribution is -2.34. The quantitative estimate of drug-likeness (QED) is 0.586. The third-order valence-corrected chi connectivity index (χ3v) is 6.40. The first-order valence-corrected chi connectivity index (χ1v) is 9.61. The van der Waals surface area contributed by atoms with E-state index in [2.05, 4.69) is 34.4 Å². The van der Waals surface area contributed by atoms with Crippen molar-refractivity contribution in [3.8, 4) is 0 Å². The van der Waals surface area contributed by atoms with Gasteiger partial charge in [0.25, 0.3) is 5.91 Å². The third kappa shape index (κ3) is 3.42. The fourth-order valence-corrected chi connectivity index (χ4v) is 4.51. The molecule has 0 radical (unpaired) electrons. The lowest BCUT2D eigenvalue weighted by Gasteiger charge is -2.31. The summed E-state index contributed by atoms with van der Waals surface area (Å²) >= 11 is 4.98. The van der Waals surface area contributed by atoms with Crippen LogP contribution in [0.25, 0.3) is 0 Å². The second-order valence-electron chi connectivity index (χ2n) is 5.84. The molecule has 0 N–H and O–H groups in total. The van der Waals surface area contributed by atoms with Crippen LogP contribution in [0, 0.1) is 5.92 Å². The molecule has 3 rings (SSSR count). The van der Waals surface area contributed by atoms with E-state index in [1.54, 1.807) is 6.08 Å². The van der Waals surface area contributed by atoms with Gasteiger partial charge in [-0.1, -0.05) is 102 Å². The van der Waals surface area contributed by atoms with Crippen LogP contribution < -0.4 is 0 Å². The Balaban J connectivity index is 2.05. The molecule has 2 atom stereocenters. The largest absolute Gasteiger partial charge is 0.271 e. The average molecular weight is 412 g/mol. The highest BCUT2D eigenvalue weighted by Gasteiger charge is 2.50. The summed E-state index contributed by atoms with van der Waals surface area (Å²) in [4.78, 5) is 17.5. The standard InChI is InChI=1S/C21H18BrNOS/c1-3-4-8-15(2)21(17-9-6-5-7-10-17)20(24)23-19(25-21)16-11-13-18(22)14-12-16/h3-15H,1H2,2H3/b8-4+/t15-,21+/m1/s1. The molecule has 1 aliphatic rings. The monoisotopic (exact) mass is 411 g/mol. The zero-order valence-corrected chi connectivity index (χ0v) is 16.3. The minimum Gasteiger partial charge on any atom is -0.271 e. The third-order valence-electron chi connectivity index (χ3n) is 4.25. The molecule has 1 heterocycles. The van der Waals surface area contributed by atoms with Gasteiger partial charge in [0.1, 0.15) is 9.79 Å². The number of hydrogen-bond acceptors (Lipinski definition) is 2. The van der Waals surface area contributed by atoms with Gasteiger partial charge in [-0.2, -0.15) is 0 Å². The van der Waals surface area contributed by atoms with Crippen molar-refractivity contribution in [1.29, 1.82) is 0 Å². The molecule has 2 aromatic rings. The van der Waals surface area contributed by atoms with Crippen LogP contribution in [0.1, 0.15) is 18.1 Å². The Morgan fingerprint density at radius 2 is 1.84 bits per heavy atom. The highest BCUT2D eigenvalue weighted by atomic mass is 79.9. The highest BCUT2D eigenvalue weighted by molar-refractivity contribution is 9.10. The van der Waals surface area contributed by atoms with Crippen molar-refractivity contribution < 1.29 is 4.79 Å². The number of hydrogen-bond donors (Lipinski definition) is 0. The molecule has 25 heavy (non-hydrogen) atoms. The Hall–Kier alpha value is -1.91. The van der Waals surface area contributed by atoms with Crippen LogP contribution in [0.2, 0.25) is 0 Å². The molecule has 1 amide bonds. The van der Waals surface area contributed by atoms with Gasteiger partial charge in [-0.3, -0.25) is 4.79 Å². The molecular formula is C21H18BrNOS. The van der Waals surface area contributed by atoms with E-state index in [-0.39, 0.29) is 11.8 Å². The fourth-order valence-electron chi connectivity index (χ4n) is 2.91. The summed E-state index contributed by atoms with van der Waals surface area (Å²) < 4.78 is 0.256. The van der Waals surface area contributed by atoms with Crippen molar-refractivity contribution in [2.24, 2.45) is 10.9 Å². The predicted molar refractivity (Wildman–Crippen MR) is 110 cm³/mol. The van der Waals surface area contributed by atoms with Crippen molar-refractivity contribution in [3.05, 3.63) is 95.0 Å². The van der Waals surface area contributed by atoms with Gasteiger partial charge in [0.05, 0.1) is 0 Å². The van der Waals surface area contributed by atoms with E-state index >= 15 is 0 Å². The summed E-state index contributed by atoms with van der Waals surface area (Å²) in [6, 6.07) is 17.8. The van der Waals surface area contributed by atoms with Crippen molar-refractivity contribution >= 4 is 38.6 Å². The van der Waals surface area contributed by atoms with E-state index < -0.39 is 4.75 Å². The molecule has 4 heteroatoms. The predicted octanol–water partition coefficient (Wildman–Crippen LogP) is 5.74. The maximum atomic E-state index is 13.1. The summed E-state index contributed by atoms with van der Waals surface area (Å²) in [7, 11) is 0. The van der Waals surface area contributed by atoms with Crippen LogP contribution in [0.4, 0.5) is 0 Å². The summed E-state index contributed by atoms with van der Waals surface area (Å²) in [5, 5.41) is 0.764. The first-order chi connectivity index (χ1) is 12.1. The summed E-state index contributed by atoms with van der Waals surface area (Å²) in [5.41, 5.74) is 1.93. The van der Waals surface area contributed by atoms with E-state index in [4.69, 9.17) is 0 Å². The summed E-state index contributed by atoms with van der Waals surface area (Å²) in [6.07, 6.45) is 5.64. The minimum absolute atomic E-state index is 0.0258. The number of rotatable bonds is 5. The molecule has 0 bridgehead atoms. The maximum Gasteiger partial charge on any atom is 0.268 e. The zero-order valence-electron chi connectivity index (χ0n) is 13.9. The van der Waals surface area contributed by atoms with Crippen LogP contribution in [0.5, 0.6) is 0 Å². The molecule has 0 saturated heterocycles. The Kier molecular flexibility index (Phi) is 5.40. The SMILES string of the molecule is C=C/C=C/[C@@H](C)[C@@]1(c2ccccc2)SC(c2ccc(Br)cc2)=NC1=O. The van der Waals surface area contributed by atoms with Gasteiger partial charge in [0.2, 0.25) is 0 Å². The number of halogens is 1. The molecule has 0 unspecified atom stereocenters. The normalized spacial score (nSPS) is 21.4. The molecule has 0 saturated carbocycles. The molecular weight excluding hydrogens is 394 g/mol. The first kappa shape index (κ1) is 17.9.